The minimum absolute atomic E-state index is 0.355. The van der Waals surface area contributed by atoms with Gasteiger partial charge in [-0.15, -0.1) is 0 Å². The van der Waals surface area contributed by atoms with Crippen LogP contribution < -0.4 is 10.1 Å². The van der Waals surface area contributed by atoms with E-state index in [1.165, 1.54) is 12.1 Å². The summed E-state index contributed by atoms with van der Waals surface area (Å²) in [6, 6.07) is 21.0. The second-order valence-corrected chi connectivity index (χ2v) is 6.60. The molecule has 3 aromatic rings. The van der Waals surface area contributed by atoms with Gasteiger partial charge in [-0.3, -0.25) is 4.79 Å². The number of anilines is 1. The molecule has 0 aliphatic rings. The van der Waals surface area contributed by atoms with Gasteiger partial charge in [-0.1, -0.05) is 52.3 Å². The number of nitrogens with one attached hydrogen (secondary N) is 1. The Hall–Kier alpha value is -2.66. The van der Waals surface area contributed by atoms with Crippen molar-refractivity contribution in [2.45, 2.75) is 6.42 Å². The van der Waals surface area contributed by atoms with E-state index in [0.717, 1.165) is 16.5 Å². The number of hydrogen-bond acceptors (Lipinski definition) is 2. The van der Waals surface area contributed by atoms with Crippen molar-refractivity contribution in [3.8, 4) is 5.75 Å². The third-order valence-electron chi connectivity index (χ3n) is 3.76. The van der Waals surface area contributed by atoms with Crippen molar-refractivity contribution in [3.05, 3.63) is 94.2 Å². The van der Waals surface area contributed by atoms with Crippen molar-refractivity contribution in [2.24, 2.45) is 0 Å². The van der Waals surface area contributed by atoms with Crippen molar-refractivity contribution in [1.29, 1.82) is 0 Å². The van der Waals surface area contributed by atoms with Crippen molar-refractivity contribution in [3.63, 3.8) is 0 Å². The van der Waals surface area contributed by atoms with Gasteiger partial charge in [0.2, 0.25) is 0 Å². The Balaban J connectivity index is 1.71. The van der Waals surface area contributed by atoms with Crippen LogP contribution in [0.25, 0.3) is 0 Å². The molecule has 3 nitrogen and oxygen atoms in total. The summed E-state index contributed by atoms with van der Waals surface area (Å²) in [4.78, 5) is 12.6. The van der Waals surface area contributed by atoms with Gasteiger partial charge in [-0.25, -0.2) is 4.39 Å². The van der Waals surface area contributed by atoms with Crippen molar-refractivity contribution in [2.75, 3.05) is 11.9 Å². The van der Waals surface area contributed by atoms with E-state index >= 15 is 0 Å². The van der Waals surface area contributed by atoms with E-state index in [1.807, 2.05) is 36.4 Å². The monoisotopic (exact) mass is 413 g/mol. The van der Waals surface area contributed by atoms with Gasteiger partial charge in [0.05, 0.1) is 12.2 Å². The number of ether oxygens (including phenoxy) is 1. The molecule has 0 unspecified atom stereocenters. The average Bonchev–Trinajstić information content (AvgIpc) is 2.64. The number of hydrogen-bond donors (Lipinski definition) is 1. The molecule has 0 aliphatic heterocycles. The lowest BCUT2D eigenvalue weighted by atomic mass is 10.1. The molecule has 0 heterocycles. The highest BCUT2D eigenvalue weighted by Gasteiger charge is 2.14. The van der Waals surface area contributed by atoms with Crippen LogP contribution in [0.1, 0.15) is 15.9 Å². The van der Waals surface area contributed by atoms with Gasteiger partial charge < -0.3 is 10.1 Å². The molecule has 0 aliphatic carbocycles. The number of amides is 1. The van der Waals surface area contributed by atoms with Gasteiger partial charge in [0, 0.05) is 16.6 Å². The summed E-state index contributed by atoms with van der Waals surface area (Å²) in [5.41, 5.74) is 1.94. The SMILES string of the molecule is O=C(Nc1cccc(F)c1)c1cc(Br)ccc1OCCc1ccccc1. The Morgan fingerprint density at radius 1 is 1.00 bits per heavy atom. The summed E-state index contributed by atoms with van der Waals surface area (Å²) in [6.07, 6.45) is 0.738. The molecule has 132 valence electrons. The van der Waals surface area contributed by atoms with Crippen LogP contribution in [-0.4, -0.2) is 12.5 Å². The van der Waals surface area contributed by atoms with Gasteiger partial charge >= 0.3 is 0 Å². The number of benzene rings is 3. The summed E-state index contributed by atoms with van der Waals surface area (Å²) < 4.78 is 19.9. The maximum atomic E-state index is 13.3. The number of carbonyl (C=O) groups is 1. The van der Waals surface area contributed by atoms with E-state index < -0.39 is 5.82 Å². The lowest BCUT2D eigenvalue weighted by Gasteiger charge is -2.12. The minimum Gasteiger partial charge on any atom is -0.492 e. The predicted octanol–water partition coefficient (Wildman–Crippen LogP) is 5.46. The molecule has 0 radical (unpaired) electrons. The zero-order valence-corrected chi connectivity index (χ0v) is 15.5. The standard InChI is InChI=1S/C21H17BrFNO2/c22-16-9-10-20(26-12-11-15-5-2-1-3-6-15)19(13-16)21(25)24-18-8-4-7-17(23)14-18/h1-10,13-14H,11-12H2,(H,24,25). The van der Waals surface area contributed by atoms with Gasteiger partial charge in [0.15, 0.2) is 0 Å². The highest BCUT2D eigenvalue weighted by Crippen LogP contribution is 2.25. The molecule has 1 amide bonds. The summed E-state index contributed by atoms with van der Waals surface area (Å²) in [5.74, 6) is -0.277. The van der Waals surface area contributed by atoms with Crippen LogP contribution in [0, 0.1) is 5.82 Å². The number of carbonyl (C=O) groups excluding carboxylic acids is 1. The van der Waals surface area contributed by atoms with E-state index in [2.05, 4.69) is 21.2 Å². The molecule has 0 saturated carbocycles. The molecule has 26 heavy (non-hydrogen) atoms. The fraction of sp³-hybridized carbons (Fsp3) is 0.0952. The largest absolute Gasteiger partial charge is 0.492 e. The summed E-state index contributed by atoms with van der Waals surface area (Å²) >= 11 is 3.37. The molecule has 0 aromatic heterocycles. The summed E-state index contributed by atoms with van der Waals surface area (Å²) in [6.45, 7) is 0.450. The van der Waals surface area contributed by atoms with Crippen LogP contribution in [0.2, 0.25) is 0 Å². The van der Waals surface area contributed by atoms with Crippen LogP contribution in [0.5, 0.6) is 5.75 Å². The third kappa shape index (κ3) is 4.92. The first-order chi connectivity index (χ1) is 12.6. The van der Waals surface area contributed by atoms with E-state index in [9.17, 15) is 9.18 Å². The Kier molecular flexibility index (Phi) is 6.02. The molecule has 0 atom stereocenters. The topological polar surface area (TPSA) is 38.3 Å². The van der Waals surface area contributed by atoms with E-state index in [0.29, 0.717) is 23.6 Å². The smallest absolute Gasteiger partial charge is 0.259 e. The normalized spacial score (nSPS) is 10.4. The van der Waals surface area contributed by atoms with Gasteiger partial charge in [0.1, 0.15) is 11.6 Å². The van der Waals surface area contributed by atoms with Gasteiger partial charge in [-0.2, -0.15) is 0 Å². The van der Waals surface area contributed by atoms with Crippen LogP contribution >= 0.6 is 15.9 Å². The average molecular weight is 414 g/mol. The van der Waals surface area contributed by atoms with E-state index in [1.54, 1.807) is 24.3 Å². The lowest BCUT2D eigenvalue weighted by Crippen LogP contribution is -2.14. The molecule has 0 saturated heterocycles. The molecule has 0 fully saturated rings. The first kappa shape index (κ1) is 18.1. The fourth-order valence-electron chi connectivity index (χ4n) is 2.49. The Morgan fingerprint density at radius 2 is 1.81 bits per heavy atom. The van der Waals surface area contributed by atoms with Crippen LogP contribution in [0.4, 0.5) is 10.1 Å². The number of rotatable bonds is 6. The van der Waals surface area contributed by atoms with Crippen molar-refractivity contribution >= 4 is 27.5 Å². The molecule has 5 heteroatoms. The highest BCUT2D eigenvalue weighted by molar-refractivity contribution is 9.10. The highest BCUT2D eigenvalue weighted by atomic mass is 79.9. The fourth-order valence-corrected chi connectivity index (χ4v) is 2.85. The molecular weight excluding hydrogens is 397 g/mol. The second-order valence-electron chi connectivity index (χ2n) is 5.69. The second kappa shape index (κ2) is 8.63. The first-order valence-corrected chi connectivity index (χ1v) is 8.94. The molecular formula is C21H17BrFNO2. The minimum atomic E-state index is -0.406. The van der Waals surface area contributed by atoms with Gasteiger partial charge in [-0.05, 0) is 42.0 Å². The van der Waals surface area contributed by atoms with Gasteiger partial charge in [0.25, 0.3) is 5.91 Å². The van der Waals surface area contributed by atoms with Crippen molar-refractivity contribution in [1.82, 2.24) is 0 Å². The Labute approximate surface area is 159 Å². The summed E-state index contributed by atoms with van der Waals surface area (Å²) in [7, 11) is 0. The Morgan fingerprint density at radius 3 is 2.58 bits per heavy atom. The first-order valence-electron chi connectivity index (χ1n) is 8.15. The van der Waals surface area contributed by atoms with Crippen LogP contribution in [0.3, 0.4) is 0 Å². The van der Waals surface area contributed by atoms with Crippen LogP contribution in [-0.2, 0) is 6.42 Å². The maximum absolute atomic E-state index is 13.3. The molecule has 3 aromatic carbocycles. The Bertz CT molecular complexity index is 900. The summed E-state index contributed by atoms with van der Waals surface area (Å²) in [5, 5.41) is 2.69. The molecule has 3 rings (SSSR count). The van der Waals surface area contributed by atoms with E-state index in [4.69, 9.17) is 4.74 Å². The maximum Gasteiger partial charge on any atom is 0.259 e. The molecule has 0 spiro atoms. The zero-order valence-electron chi connectivity index (χ0n) is 13.9. The van der Waals surface area contributed by atoms with E-state index in [-0.39, 0.29) is 5.91 Å². The third-order valence-corrected chi connectivity index (χ3v) is 4.25. The molecule has 0 bridgehead atoms. The van der Waals surface area contributed by atoms with Crippen LogP contribution in [0.15, 0.2) is 77.3 Å². The predicted molar refractivity (Wildman–Crippen MR) is 104 cm³/mol. The molecule has 1 N–H and O–H groups in total. The lowest BCUT2D eigenvalue weighted by molar-refractivity contribution is 0.102. The zero-order chi connectivity index (χ0) is 18.4. The van der Waals surface area contributed by atoms with Crippen molar-refractivity contribution < 1.29 is 13.9 Å². The number of halogens is 2. The quantitative estimate of drug-likeness (QED) is 0.582.